The number of ether oxygens (including phenoxy) is 1. The molecule has 6 heteroatoms. The molecule has 1 amide bonds. The lowest BCUT2D eigenvalue weighted by Crippen LogP contribution is -2.34. The second kappa shape index (κ2) is 8.98. The molecule has 0 bridgehead atoms. The Morgan fingerprint density at radius 1 is 1.17 bits per heavy atom. The highest BCUT2D eigenvalue weighted by molar-refractivity contribution is 14.1. The quantitative estimate of drug-likeness (QED) is 0.513. The SMILES string of the molecule is CCC(C)Oc1ccc(C(=O)NC(=S)Nc2ccc(I)cc2)cc1. The van der Waals surface area contributed by atoms with Crippen molar-refractivity contribution in [3.05, 3.63) is 57.7 Å². The standard InChI is InChI=1S/C18H19IN2O2S/c1-3-12(2)23-16-10-4-13(5-11-16)17(22)21-18(24)20-15-8-6-14(19)7-9-15/h4-12H,3H2,1-2H3,(H2,20,21,22,24). The van der Waals surface area contributed by atoms with Crippen molar-refractivity contribution in [2.24, 2.45) is 0 Å². The summed E-state index contributed by atoms with van der Waals surface area (Å²) >= 11 is 7.40. The summed E-state index contributed by atoms with van der Waals surface area (Å²) in [6.45, 7) is 4.07. The Bertz CT molecular complexity index is 702. The van der Waals surface area contributed by atoms with Crippen LogP contribution in [0.1, 0.15) is 30.6 Å². The summed E-state index contributed by atoms with van der Waals surface area (Å²) < 4.78 is 6.83. The van der Waals surface area contributed by atoms with Crippen LogP contribution in [-0.4, -0.2) is 17.1 Å². The first kappa shape index (κ1) is 18.7. The molecule has 0 radical (unpaired) electrons. The number of halogens is 1. The summed E-state index contributed by atoms with van der Waals surface area (Å²) in [7, 11) is 0. The summed E-state index contributed by atoms with van der Waals surface area (Å²) in [6, 6.07) is 14.8. The van der Waals surface area contributed by atoms with Gasteiger partial charge < -0.3 is 10.1 Å². The van der Waals surface area contributed by atoms with Crippen molar-refractivity contribution < 1.29 is 9.53 Å². The van der Waals surface area contributed by atoms with Gasteiger partial charge in [-0.3, -0.25) is 10.1 Å². The van der Waals surface area contributed by atoms with Crippen LogP contribution in [0.2, 0.25) is 0 Å². The maximum absolute atomic E-state index is 12.2. The van der Waals surface area contributed by atoms with Gasteiger partial charge in [0.2, 0.25) is 0 Å². The number of carbonyl (C=O) groups excluding carboxylic acids is 1. The molecule has 0 spiro atoms. The van der Waals surface area contributed by atoms with Crippen LogP contribution < -0.4 is 15.4 Å². The largest absolute Gasteiger partial charge is 0.491 e. The molecule has 0 saturated carbocycles. The number of benzene rings is 2. The van der Waals surface area contributed by atoms with Crippen LogP contribution in [0.4, 0.5) is 5.69 Å². The smallest absolute Gasteiger partial charge is 0.257 e. The third kappa shape index (κ3) is 5.76. The van der Waals surface area contributed by atoms with Gasteiger partial charge in [0.05, 0.1) is 6.10 Å². The van der Waals surface area contributed by atoms with Gasteiger partial charge in [-0.25, -0.2) is 0 Å². The van der Waals surface area contributed by atoms with E-state index in [-0.39, 0.29) is 17.1 Å². The lowest BCUT2D eigenvalue weighted by Gasteiger charge is -2.13. The van der Waals surface area contributed by atoms with Gasteiger partial charge in [0.25, 0.3) is 5.91 Å². The van der Waals surface area contributed by atoms with E-state index in [0.717, 1.165) is 21.4 Å². The fourth-order valence-electron chi connectivity index (χ4n) is 1.87. The van der Waals surface area contributed by atoms with Gasteiger partial charge in [-0.2, -0.15) is 0 Å². The summed E-state index contributed by atoms with van der Waals surface area (Å²) in [5.41, 5.74) is 1.36. The van der Waals surface area contributed by atoms with Gasteiger partial charge in [-0.15, -0.1) is 0 Å². The Morgan fingerprint density at radius 2 is 1.79 bits per heavy atom. The number of nitrogens with one attached hydrogen (secondary N) is 2. The zero-order valence-electron chi connectivity index (χ0n) is 13.5. The predicted molar refractivity (Wildman–Crippen MR) is 110 cm³/mol. The normalized spacial score (nSPS) is 11.5. The summed E-state index contributed by atoms with van der Waals surface area (Å²) in [6.07, 6.45) is 1.08. The van der Waals surface area contributed by atoms with Crippen molar-refractivity contribution in [3.8, 4) is 5.75 Å². The lowest BCUT2D eigenvalue weighted by molar-refractivity contribution is 0.0977. The Balaban J connectivity index is 1.91. The maximum Gasteiger partial charge on any atom is 0.257 e. The van der Waals surface area contributed by atoms with E-state index in [9.17, 15) is 4.79 Å². The fraction of sp³-hybridized carbons (Fsp3) is 0.222. The highest BCUT2D eigenvalue weighted by Crippen LogP contribution is 2.15. The Labute approximate surface area is 161 Å². The minimum atomic E-state index is -0.256. The number of hydrogen-bond acceptors (Lipinski definition) is 3. The molecule has 2 rings (SSSR count). The average molecular weight is 454 g/mol. The van der Waals surface area contributed by atoms with E-state index >= 15 is 0 Å². The second-order valence-electron chi connectivity index (χ2n) is 5.28. The number of hydrogen-bond donors (Lipinski definition) is 2. The minimum absolute atomic E-state index is 0.149. The van der Waals surface area contributed by atoms with E-state index in [2.05, 4.69) is 40.1 Å². The van der Waals surface area contributed by atoms with E-state index in [4.69, 9.17) is 17.0 Å². The zero-order chi connectivity index (χ0) is 17.5. The molecule has 0 saturated heterocycles. The molecule has 2 aromatic rings. The second-order valence-corrected chi connectivity index (χ2v) is 6.93. The third-order valence-corrected chi connectivity index (χ3v) is 4.28. The van der Waals surface area contributed by atoms with Crippen molar-refractivity contribution >= 4 is 51.5 Å². The van der Waals surface area contributed by atoms with Gasteiger partial charge >= 0.3 is 0 Å². The molecule has 1 unspecified atom stereocenters. The number of amides is 1. The molecule has 24 heavy (non-hydrogen) atoms. The van der Waals surface area contributed by atoms with Crippen LogP contribution in [0.3, 0.4) is 0 Å². The third-order valence-electron chi connectivity index (χ3n) is 3.36. The van der Waals surface area contributed by atoms with Gasteiger partial charge in [-0.1, -0.05) is 6.92 Å². The summed E-state index contributed by atoms with van der Waals surface area (Å²) in [4.78, 5) is 12.2. The molecule has 0 aromatic heterocycles. The number of rotatable bonds is 5. The van der Waals surface area contributed by atoms with Crippen LogP contribution in [0.15, 0.2) is 48.5 Å². The van der Waals surface area contributed by atoms with Gasteiger partial charge in [-0.05, 0) is 96.7 Å². The summed E-state index contributed by atoms with van der Waals surface area (Å²) in [5.74, 6) is 0.494. The van der Waals surface area contributed by atoms with Crippen LogP contribution in [0.5, 0.6) is 5.75 Å². The molecule has 0 heterocycles. The minimum Gasteiger partial charge on any atom is -0.491 e. The maximum atomic E-state index is 12.2. The van der Waals surface area contributed by atoms with Crippen molar-refractivity contribution in [1.29, 1.82) is 0 Å². The fourth-order valence-corrected chi connectivity index (χ4v) is 2.44. The molecular weight excluding hydrogens is 435 g/mol. The molecule has 0 aliphatic rings. The molecular formula is C18H19IN2O2S. The highest BCUT2D eigenvalue weighted by Gasteiger charge is 2.09. The van der Waals surface area contributed by atoms with Crippen molar-refractivity contribution in [2.75, 3.05) is 5.32 Å². The van der Waals surface area contributed by atoms with Crippen LogP contribution >= 0.6 is 34.8 Å². The molecule has 0 aliphatic heterocycles. The molecule has 2 aromatic carbocycles. The summed E-state index contributed by atoms with van der Waals surface area (Å²) in [5, 5.41) is 5.92. The zero-order valence-corrected chi connectivity index (χ0v) is 16.5. The topological polar surface area (TPSA) is 50.4 Å². The Morgan fingerprint density at radius 3 is 2.38 bits per heavy atom. The van der Waals surface area contributed by atoms with E-state index in [1.165, 1.54) is 0 Å². The van der Waals surface area contributed by atoms with E-state index < -0.39 is 0 Å². The van der Waals surface area contributed by atoms with Crippen molar-refractivity contribution in [3.63, 3.8) is 0 Å². The van der Waals surface area contributed by atoms with Crippen LogP contribution in [0.25, 0.3) is 0 Å². The van der Waals surface area contributed by atoms with Gasteiger partial charge in [0.15, 0.2) is 5.11 Å². The predicted octanol–water partition coefficient (Wildman–Crippen LogP) is 4.60. The highest BCUT2D eigenvalue weighted by atomic mass is 127. The molecule has 0 fully saturated rings. The van der Waals surface area contributed by atoms with Crippen LogP contribution in [-0.2, 0) is 0 Å². The van der Waals surface area contributed by atoms with E-state index in [1.807, 2.05) is 31.2 Å². The Kier molecular flexibility index (Phi) is 6.99. The molecule has 4 nitrogen and oxygen atoms in total. The average Bonchev–Trinajstić information content (AvgIpc) is 2.57. The van der Waals surface area contributed by atoms with E-state index in [1.54, 1.807) is 24.3 Å². The van der Waals surface area contributed by atoms with Crippen molar-refractivity contribution in [2.45, 2.75) is 26.4 Å². The first-order valence-corrected chi connectivity index (χ1v) is 9.11. The number of anilines is 1. The number of thiocarbonyl (C=S) groups is 1. The Hall–Kier alpha value is -1.67. The molecule has 0 aliphatic carbocycles. The molecule has 2 N–H and O–H groups in total. The first-order valence-electron chi connectivity index (χ1n) is 7.62. The first-order chi connectivity index (χ1) is 11.5. The van der Waals surface area contributed by atoms with E-state index in [0.29, 0.717) is 5.56 Å². The van der Waals surface area contributed by atoms with Gasteiger partial charge in [0, 0.05) is 14.8 Å². The van der Waals surface area contributed by atoms with Crippen molar-refractivity contribution in [1.82, 2.24) is 5.32 Å². The molecule has 1 atom stereocenters. The number of carbonyl (C=O) groups is 1. The molecule has 126 valence electrons. The monoisotopic (exact) mass is 454 g/mol. The van der Waals surface area contributed by atoms with Crippen LogP contribution in [0, 0.1) is 3.57 Å². The lowest BCUT2D eigenvalue weighted by atomic mass is 10.2. The van der Waals surface area contributed by atoms with Gasteiger partial charge in [0.1, 0.15) is 5.75 Å².